The van der Waals surface area contributed by atoms with E-state index >= 15 is 0 Å². The first-order chi connectivity index (χ1) is 9.69. The fourth-order valence-corrected chi connectivity index (χ4v) is 2.12. The average Bonchev–Trinajstić information content (AvgIpc) is 2.94. The minimum atomic E-state index is -0.364. The molecule has 0 radical (unpaired) electrons. The minimum absolute atomic E-state index is 0.364. The van der Waals surface area contributed by atoms with Crippen LogP contribution in [0.1, 0.15) is 44.1 Å². The Hall–Kier alpha value is -1.68. The highest BCUT2D eigenvalue weighted by Gasteiger charge is 2.10. The van der Waals surface area contributed by atoms with Crippen molar-refractivity contribution in [3.63, 3.8) is 0 Å². The molecule has 0 aliphatic carbocycles. The number of aliphatic hydroxyl groups excluding tert-OH is 1. The molecule has 1 N–H and O–H groups in total. The van der Waals surface area contributed by atoms with E-state index in [-0.39, 0.29) is 6.10 Å². The highest BCUT2D eigenvalue weighted by molar-refractivity contribution is 5.05. The van der Waals surface area contributed by atoms with Crippen molar-refractivity contribution >= 4 is 0 Å². The number of hydrogen-bond acceptors (Lipinski definition) is 3. The molecule has 108 valence electrons. The van der Waals surface area contributed by atoms with Gasteiger partial charge < -0.3 is 5.11 Å². The van der Waals surface area contributed by atoms with Gasteiger partial charge in [-0.15, -0.1) is 0 Å². The smallest absolute Gasteiger partial charge is 0.0650 e. The van der Waals surface area contributed by atoms with Crippen molar-refractivity contribution < 1.29 is 5.11 Å². The molecule has 0 aliphatic heterocycles. The van der Waals surface area contributed by atoms with E-state index in [1.165, 1.54) is 0 Å². The maximum Gasteiger partial charge on any atom is 0.0650 e. The van der Waals surface area contributed by atoms with Crippen molar-refractivity contribution in [3.8, 4) is 0 Å². The van der Waals surface area contributed by atoms with E-state index in [0.717, 1.165) is 24.2 Å². The molecule has 4 nitrogen and oxygen atoms in total. The Balaban J connectivity index is 1.82. The fraction of sp³-hybridized carbons (Fsp3) is 0.500. The summed E-state index contributed by atoms with van der Waals surface area (Å²) in [6, 6.07) is 8.28. The third-order valence-electron chi connectivity index (χ3n) is 3.61. The molecule has 0 spiro atoms. The van der Waals surface area contributed by atoms with E-state index < -0.39 is 0 Å². The molecule has 2 aromatic rings. The van der Waals surface area contributed by atoms with Gasteiger partial charge in [-0.3, -0.25) is 9.67 Å². The lowest BCUT2D eigenvalue weighted by atomic mass is 10.1. The van der Waals surface area contributed by atoms with Crippen LogP contribution in [-0.4, -0.2) is 26.0 Å². The molecule has 4 heteroatoms. The normalized spacial score (nSPS) is 14.2. The number of pyridine rings is 1. The third-order valence-corrected chi connectivity index (χ3v) is 3.61. The molecule has 0 saturated heterocycles. The van der Waals surface area contributed by atoms with Crippen LogP contribution < -0.4 is 0 Å². The summed E-state index contributed by atoms with van der Waals surface area (Å²) < 4.78 is 1.97. The number of aromatic nitrogens is 3. The quantitative estimate of drug-likeness (QED) is 0.844. The van der Waals surface area contributed by atoms with Crippen molar-refractivity contribution in [2.24, 2.45) is 0 Å². The second-order valence-electron chi connectivity index (χ2n) is 5.26. The van der Waals surface area contributed by atoms with Crippen LogP contribution in [0.2, 0.25) is 0 Å². The number of rotatable bonds is 7. The zero-order valence-electron chi connectivity index (χ0n) is 12.2. The second-order valence-corrected chi connectivity index (χ2v) is 5.26. The number of nitrogens with zero attached hydrogens (tertiary/aromatic N) is 3. The van der Waals surface area contributed by atoms with E-state index in [0.29, 0.717) is 18.9 Å². The molecule has 2 heterocycles. The van der Waals surface area contributed by atoms with Gasteiger partial charge in [0.15, 0.2) is 0 Å². The second kappa shape index (κ2) is 7.20. The number of hydrogen-bond donors (Lipinski definition) is 1. The summed E-state index contributed by atoms with van der Waals surface area (Å²) in [6.07, 6.45) is 6.60. The van der Waals surface area contributed by atoms with Crippen molar-refractivity contribution in [3.05, 3.63) is 48.0 Å². The van der Waals surface area contributed by atoms with Gasteiger partial charge in [0.2, 0.25) is 0 Å². The zero-order valence-corrected chi connectivity index (χ0v) is 12.2. The maximum atomic E-state index is 10.1. The Morgan fingerprint density at radius 3 is 2.80 bits per heavy atom. The van der Waals surface area contributed by atoms with Gasteiger partial charge in [0.1, 0.15) is 0 Å². The van der Waals surface area contributed by atoms with Crippen LogP contribution in [0.4, 0.5) is 0 Å². The zero-order chi connectivity index (χ0) is 14.4. The summed E-state index contributed by atoms with van der Waals surface area (Å²) in [7, 11) is 0. The largest absolute Gasteiger partial charge is 0.393 e. The molecule has 2 unspecified atom stereocenters. The Labute approximate surface area is 120 Å². The monoisotopic (exact) mass is 273 g/mol. The van der Waals surface area contributed by atoms with Gasteiger partial charge in [0, 0.05) is 30.6 Å². The topological polar surface area (TPSA) is 50.9 Å². The highest BCUT2D eigenvalue weighted by Crippen LogP contribution is 2.12. The molecule has 0 amide bonds. The summed E-state index contributed by atoms with van der Waals surface area (Å²) >= 11 is 0. The molecular weight excluding hydrogens is 250 g/mol. The van der Waals surface area contributed by atoms with Crippen LogP contribution in [0.5, 0.6) is 0 Å². The lowest BCUT2D eigenvalue weighted by Crippen LogP contribution is -2.13. The van der Waals surface area contributed by atoms with Crippen LogP contribution in [-0.2, 0) is 12.8 Å². The van der Waals surface area contributed by atoms with Crippen LogP contribution in [0.3, 0.4) is 0 Å². The number of aliphatic hydroxyl groups is 1. The van der Waals surface area contributed by atoms with Gasteiger partial charge in [-0.2, -0.15) is 5.10 Å². The summed E-state index contributed by atoms with van der Waals surface area (Å²) in [6.45, 7) is 4.29. The molecule has 0 fully saturated rings. The molecule has 0 bridgehead atoms. The van der Waals surface area contributed by atoms with Crippen LogP contribution >= 0.6 is 0 Å². The molecule has 0 aromatic carbocycles. The Morgan fingerprint density at radius 1 is 1.25 bits per heavy atom. The molecule has 0 saturated carbocycles. The minimum Gasteiger partial charge on any atom is -0.393 e. The maximum absolute atomic E-state index is 10.1. The van der Waals surface area contributed by atoms with E-state index in [4.69, 9.17) is 0 Å². The van der Waals surface area contributed by atoms with Gasteiger partial charge in [0.25, 0.3) is 0 Å². The van der Waals surface area contributed by atoms with Crippen molar-refractivity contribution in [2.75, 3.05) is 0 Å². The van der Waals surface area contributed by atoms with Gasteiger partial charge in [0.05, 0.1) is 11.8 Å². The van der Waals surface area contributed by atoms with Gasteiger partial charge in [-0.05, 0) is 44.4 Å². The van der Waals surface area contributed by atoms with E-state index in [9.17, 15) is 5.11 Å². The predicted molar refractivity (Wildman–Crippen MR) is 79.5 cm³/mol. The average molecular weight is 273 g/mol. The Morgan fingerprint density at radius 2 is 2.10 bits per heavy atom. The first-order valence-corrected chi connectivity index (χ1v) is 7.31. The van der Waals surface area contributed by atoms with Gasteiger partial charge in [-0.1, -0.05) is 13.0 Å². The summed E-state index contributed by atoms with van der Waals surface area (Å²) in [5.41, 5.74) is 1.98. The SMILES string of the molecule is CCC(C)n1ccc(CC(O)CCc2ccccn2)n1. The molecule has 2 atom stereocenters. The number of aryl methyl sites for hydroxylation is 1. The molecular formula is C16H23N3O. The fourth-order valence-electron chi connectivity index (χ4n) is 2.12. The van der Waals surface area contributed by atoms with Gasteiger partial charge >= 0.3 is 0 Å². The summed E-state index contributed by atoms with van der Waals surface area (Å²) in [4.78, 5) is 4.27. The summed E-state index contributed by atoms with van der Waals surface area (Å²) in [5.74, 6) is 0. The van der Waals surface area contributed by atoms with Crippen molar-refractivity contribution in [1.82, 2.24) is 14.8 Å². The highest BCUT2D eigenvalue weighted by atomic mass is 16.3. The van der Waals surface area contributed by atoms with Crippen molar-refractivity contribution in [1.29, 1.82) is 0 Å². The van der Waals surface area contributed by atoms with Crippen LogP contribution in [0.15, 0.2) is 36.7 Å². The van der Waals surface area contributed by atoms with Crippen LogP contribution in [0, 0.1) is 0 Å². The lowest BCUT2D eigenvalue weighted by Gasteiger charge is -2.10. The first-order valence-electron chi connectivity index (χ1n) is 7.31. The molecule has 20 heavy (non-hydrogen) atoms. The summed E-state index contributed by atoms with van der Waals surface area (Å²) in [5, 5.41) is 14.6. The van der Waals surface area contributed by atoms with Crippen LogP contribution in [0.25, 0.3) is 0 Å². The Bertz CT molecular complexity index is 509. The van der Waals surface area contributed by atoms with E-state index in [2.05, 4.69) is 23.9 Å². The standard InChI is InChI=1S/C16H23N3O/c1-3-13(2)19-11-9-15(18-19)12-16(20)8-7-14-6-4-5-10-17-14/h4-6,9-11,13,16,20H,3,7-8,12H2,1-2H3. The Kier molecular flexibility index (Phi) is 5.30. The van der Waals surface area contributed by atoms with Crippen molar-refractivity contribution in [2.45, 2.75) is 51.7 Å². The first kappa shape index (κ1) is 14.7. The lowest BCUT2D eigenvalue weighted by molar-refractivity contribution is 0.163. The molecule has 2 aromatic heterocycles. The van der Waals surface area contributed by atoms with E-state index in [1.54, 1.807) is 6.20 Å². The van der Waals surface area contributed by atoms with Gasteiger partial charge in [-0.25, -0.2) is 0 Å². The van der Waals surface area contributed by atoms with E-state index in [1.807, 2.05) is 35.1 Å². The molecule has 2 rings (SSSR count). The predicted octanol–water partition coefficient (Wildman–Crippen LogP) is 2.79. The molecule has 0 aliphatic rings. The third kappa shape index (κ3) is 4.17.